The number of aromatic nitrogens is 2. The molecule has 0 N–H and O–H groups in total. The van der Waals surface area contributed by atoms with E-state index in [1.807, 2.05) is 13.8 Å². The third kappa shape index (κ3) is 10.2. The summed E-state index contributed by atoms with van der Waals surface area (Å²) in [6.07, 6.45) is 9.75. The van der Waals surface area contributed by atoms with Gasteiger partial charge in [-0.2, -0.15) is 0 Å². The first-order valence-electron chi connectivity index (χ1n) is 12.6. The van der Waals surface area contributed by atoms with Crippen molar-refractivity contribution in [2.75, 3.05) is 13.2 Å². The van der Waals surface area contributed by atoms with Crippen LogP contribution in [0.15, 0.2) is 53.8 Å². The predicted octanol–water partition coefficient (Wildman–Crippen LogP) is 7.14. The van der Waals surface area contributed by atoms with E-state index in [9.17, 15) is 4.79 Å². The summed E-state index contributed by atoms with van der Waals surface area (Å²) in [6, 6.07) is 12.1. The standard InChI is InChI=1S/C22H22ClN3O5.C6H12/c1-14(2)26-29-11-10-28-22(27)15(3)30-17-5-7-18(8-6-17)31-21-13-24-20-12-16(23)4-9-19(20)25-21;1-2-4-6-5-3-1/h4-9,12-13,15H,10-11H2,1-3H3;1-6H2. The summed E-state index contributed by atoms with van der Waals surface area (Å²) in [6.45, 7) is 5.50. The second kappa shape index (κ2) is 15.0. The molecule has 1 heterocycles. The second-order valence-electron chi connectivity index (χ2n) is 8.84. The van der Waals surface area contributed by atoms with Crippen molar-refractivity contribution in [3.05, 3.63) is 53.7 Å². The van der Waals surface area contributed by atoms with Crippen molar-refractivity contribution in [3.63, 3.8) is 0 Å². The number of esters is 1. The van der Waals surface area contributed by atoms with Crippen LogP contribution in [-0.4, -0.2) is 41.0 Å². The fourth-order valence-corrected chi connectivity index (χ4v) is 3.67. The van der Waals surface area contributed by atoms with E-state index in [1.165, 1.54) is 44.7 Å². The molecule has 1 aliphatic rings. The van der Waals surface area contributed by atoms with E-state index in [2.05, 4.69) is 15.1 Å². The van der Waals surface area contributed by atoms with Crippen LogP contribution >= 0.6 is 11.6 Å². The van der Waals surface area contributed by atoms with E-state index in [0.717, 1.165) is 5.71 Å². The molecule has 1 unspecified atom stereocenters. The van der Waals surface area contributed by atoms with Gasteiger partial charge in [-0.15, -0.1) is 0 Å². The van der Waals surface area contributed by atoms with Crippen LogP contribution < -0.4 is 9.47 Å². The van der Waals surface area contributed by atoms with Gasteiger partial charge in [-0.1, -0.05) is 55.3 Å². The Kier molecular flexibility index (Phi) is 11.4. The van der Waals surface area contributed by atoms with Crippen LogP contribution in [0.5, 0.6) is 17.4 Å². The molecular weight excluding hydrogens is 494 g/mol. The number of benzene rings is 2. The van der Waals surface area contributed by atoms with Gasteiger partial charge in [0.1, 0.15) is 18.1 Å². The lowest BCUT2D eigenvalue weighted by atomic mass is 10.0. The first kappa shape index (κ1) is 28.2. The van der Waals surface area contributed by atoms with Gasteiger partial charge < -0.3 is 19.0 Å². The van der Waals surface area contributed by atoms with Gasteiger partial charge in [-0.3, -0.25) is 0 Å². The number of fused-ring (bicyclic) bond motifs is 1. The third-order valence-electron chi connectivity index (χ3n) is 5.34. The number of oxime groups is 1. The van der Waals surface area contributed by atoms with Gasteiger partial charge >= 0.3 is 5.97 Å². The highest BCUT2D eigenvalue weighted by molar-refractivity contribution is 6.31. The molecule has 1 atom stereocenters. The SMILES string of the molecule is C1CCCCC1.CC(C)=NOCCOC(=O)C(C)Oc1ccc(Oc2cnc3cc(Cl)ccc3n2)cc1. The molecule has 4 rings (SSSR count). The molecule has 1 aliphatic carbocycles. The Labute approximate surface area is 222 Å². The zero-order valence-corrected chi connectivity index (χ0v) is 22.4. The number of nitrogens with zero attached hydrogens (tertiary/aromatic N) is 3. The summed E-state index contributed by atoms with van der Waals surface area (Å²) >= 11 is 5.96. The van der Waals surface area contributed by atoms with Crippen LogP contribution in [0.25, 0.3) is 11.0 Å². The summed E-state index contributed by atoms with van der Waals surface area (Å²) in [4.78, 5) is 25.7. The average molecular weight is 528 g/mol. The Bertz CT molecular complexity index is 1150. The van der Waals surface area contributed by atoms with Gasteiger partial charge in [0, 0.05) is 5.02 Å². The molecular formula is C28H34ClN3O5. The Morgan fingerprint density at radius 1 is 0.946 bits per heavy atom. The Balaban J connectivity index is 0.000000555. The van der Waals surface area contributed by atoms with Crippen LogP contribution in [-0.2, 0) is 14.4 Å². The van der Waals surface area contributed by atoms with E-state index in [4.69, 9.17) is 30.6 Å². The van der Waals surface area contributed by atoms with E-state index < -0.39 is 12.1 Å². The predicted molar refractivity (Wildman–Crippen MR) is 145 cm³/mol. The molecule has 0 bridgehead atoms. The monoisotopic (exact) mass is 527 g/mol. The second-order valence-corrected chi connectivity index (χ2v) is 9.27. The number of carbonyl (C=O) groups excluding carboxylic acids is 1. The maximum Gasteiger partial charge on any atom is 0.347 e. The molecule has 0 saturated heterocycles. The van der Waals surface area contributed by atoms with Crippen LogP contribution in [0.4, 0.5) is 0 Å². The Morgan fingerprint density at radius 2 is 1.59 bits per heavy atom. The fourth-order valence-electron chi connectivity index (χ4n) is 3.51. The normalized spacial score (nSPS) is 13.5. The third-order valence-corrected chi connectivity index (χ3v) is 5.57. The molecule has 8 nitrogen and oxygen atoms in total. The number of ether oxygens (including phenoxy) is 3. The molecule has 37 heavy (non-hydrogen) atoms. The number of hydrogen-bond acceptors (Lipinski definition) is 8. The average Bonchev–Trinajstić information content (AvgIpc) is 2.90. The summed E-state index contributed by atoms with van der Waals surface area (Å²) in [5, 5.41) is 4.35. The molecule has 0 amide bonds. The van der Waals surface area contributed by atoms with Crippen molar-refractivity contribution in [3.8, 4) is 17.4 Å². The van der Waals surface area contributed by atoms with Crippen molar-refractivity contribution < 1.29 is 23.8 Å². The molecule has 0 spiro atoms. The van der Waals surface area contributed by atoms with Gasteiger partial charge in [-0.05, 0) is 63.2 Å². The smallest absolute Gasteiger partial charge is 0.347 e. The molecule has 1 aromatic heterocycles. The van der Waals surface area contributed by atoms with Crippen molar-refractivity contribution in [2.24, 2.45) is 5.16 Å². The maximum absolute atomic E-state index is 12.0. The molecule has 0 aliphatic heterocycles. The highest BCUT2D eigenvalue weighted by atomic mass is 35.5. The number of hydrogen-bond donors (Lipinski definition) is 0. The zero-order chi connectivity index (χ0) is 26.5. The number of rotatable bonds is 9. The fraction of sp³-hybridized carbons (Fsp3) is 0.429. The first-order valence-corrected chi connectivity index (χ1v) is 12.9. The van der Waals surface area contributed by atoms with Crippen molar-refractivity contribution in [1.82, 2.24) is 9.97 Å². The minimum atomic E-state index is -0.777. The molecule has 3 aromatic rings. The highest BCUT2D eigenvalue weighted by Gasteiger charge is 2.16. The van der Waals surface area contributed by atoms with Crippen LogP contribution in [0, 0.1) is 0 Å². The summed E-state index contributed by atoms with van der Waals surface area (Å²) in [7, 11) is 0. The van der Waals surface area contributed by atoms with Crippen LogP contribution in [0.1, 0.15) is 59.3 Å². The van der Waals surface area contributed by atoms with Crippen molar-refractivity contribution in [2.45, 2.75) is 65.4 Å². The van der Waals surface area contributed by atoms with E-state index in [1.54, 1.807) is 49.4 Å². The maximum atomic E-state index is 12.0. The van der Waals surface area contributed by atoms with Gasteiger partial charge in [0.2, 0.25) is 5.88 Å². The Morgan fingerprint density at radius 3 is 2.24 bits per heavy atom. The summed E-state index contributed by atoms with van der Waals surface area (Å²) in [5.74, 6) is 0.908. The Hall–Kier alpha value is -3.39. The molecule has 2 aromatic carbocycles. The van der Waals surface area contributed by atoms with Crippen LogP contribution in [0.2, 0.25) is 5.02 Å². The highest BCUT2D eigenvalue weighted by Crippen LogP contribution is 2.25. The molecule has 198 valence electrons. The summed E-state index contributed by atoms with van der Waals surface area (Å²) < 4.78 is 16.4. The van der Waals surface area contributed by atoms with Gasteiger partial charge in [-0.25, -0.2) is 14.8 Å². The summed E-state index contributed by atoms with van der Waals surface area (Å²) in [5.41, 5.74) is 2.15. The quantitative estimate of drug-likeness (QED) is 0.126. The van der Waals surface area contributed by atoms with E-state index in [-0.39, 0.29) is 13.2 Å². The lowest BCUT2D eigenvalue weighted by Gasteiger charge is -2.14. The molecule has 1 saturated carbocycles. The van der Waals surface area contributed by atoms with Crippen LogP contribution in [0.3, 0.4) is 0 Å². The lowest BCUT2D eigenvalue weighted by Crippen LogP contribution is -2.27. The molecule has 9 heteroatoms. The minimum absolute atomic E-state index is 0.0924. The number of carbonyl (C=O) groups is 1. The molecule has 1 fully saturated rings. The lowest BCUT2D eigenvalue weighted by molar-refractivity contribution is -0.152. The first-order chi connectivity index (χ1) is 17.9. The number of halogens is 1. The van der Waals surface area contributed by atoms with E-state index >= 15 is 0 Å². The molecule has 0 radical (unpaired) electrons. The van der Waals surface area contributed by atoms with Crippen molar-refractivity contribution >= 4 is 34.3 Å². The van der Waals surface area contributed by atoms with E-state index in [0.29, 0.717) is 33.4 Å². The zero-order valence-electron chi connectivity index (χ0n) is 21.6. The van der Waals surface area contributed by atoms with Crippen molar-refractivity contribution in [1.29, 1.82) is 0 Å². The largest absolute Gasteiger partial charge is 0.479 e. The van der Waals surface area contributed by atoms with Gasteiger partial charge in [0.15, 0.2) is 12.7 Å². The minimum Gasteiger partial charge on any atom is -0.479 e. The topological polar surface area (TPSA) is 92.1 Å². The van der Waals surface area contributed by atoms with Gasteiger partial charge in [0.25, 0.3) is 0 Å². The van der Waals surface area contributed by atoms with Gasteiger partial charge in [0.05, 0.1) is 22.9 Å².